The Kier molecular flexibility index (Phi) is 6.25. The highest BCUT2D eigenvalue weighted by molar-refractivity contribution is 5.98. The van der Waals surface area contributed by atoms with Gasteiger partial charge < -0.3 is 9.72 Å². The fourth-order valence-corrected chi connectivity index (χ4v) is 2.21. The number of aryl methyl sites for hydroxylation is 2. The van der Waals surface area contributed by atoms with E-state index in [9.17, 15) is 4.79 Å². The summed E-state index contributed by atoms with van der Waals surface area (Å²) in [5.41, 5.74) is 2.80. The molecule has 1 N–H and O–H groups in total. The number of methoxy groups -OCH3 is 1. The van der Waals surface area contributed by atoms with Crippen LogP contribution in [-0.4, -0.2) is 48.5 Å². The Bertz CT molecular complexity index is 412. The van der Waals surface area contributed by atoms with Gasteiger partial charge in [0.15, 0.2) is 5.78 Å². The highest BCUT2D eigenvalue weighted by atomic mass is 16.5. The minimum absolute atomic E-state index is 0.179. The summed E-state index contributed by atoms with van der Waals surface area (Å²) in [6, 6.07) is 2.32. The maximum atomic E-state index is 12.4. The smallest absolute Gasteiger partial charge is 0.178 e. The fraction of sp³-hybridized carbons (Fsp3) is 0.667. The number of nitrogens with one attached hydrogen (secondary N) is 1. The van der Waals surface area contributed by atoms with Gasteiger partial charge in [0, 0.05) is 36.6 Å². The normalized spacial score (nSPS) is 12.9. The number of H-pyrrole nitrogens is 1. The van der Waals surface area contributed by atoms with E-state index in [1.54, 1.807) is 7.11 Å². The molecule has 0 spiro atoms. The predicted octanol–water partition coefficient (Wildman–Crippen LogP) is 2.56. The Hall–Kier alpha value is -1.13. The number of aromatic amines is 1. The minimum atomic E-state index is 0.179. The van der Waals surface area contributed by atoms with Gasteiger partial charge in [-0.3, -0.25) is 9.69 Å². The maximum Gasteiger partial charge on any atom is 0.178 e. The molecule has 108 valence electrons. The molecule has 1 aromatic rings. The molecule has 0 amide bonds. The molecule has 0 aliphatic heterocycles. The van der Waals surface area contributed by atoms with E-state index >= 15 is 0 Å². The van der Waals surface area contributed by atoms with Crippen molar-refractivity contribution in [2.75, 3.05) is 26.8 Å². The second-order valence-corrected chi connectivity index (χ2v) is 5.13. The Morgan fingerprint density at radius 1 is 1.47 bits per heavy atom. The van der Waals surface area contributed by atoms with Crippen LogP contribution in [0.2, 0.25) is 0 Å². The van der Waals surface area contributed by atoms with Crippen molar-refractivity contribution in [3.05, 3.63) is 23.0 Å². The number of Topliss-reactive ketones (excluding diaryl/α,β-unsaturated/α-hetero) is 1. The van der Waals surface area contributed by atoms with Gasteiger partial charge in [0.05, 0.1) is 13.2 Å². The van der Waals surface area contributed by atoms with Gasteiger partial charge in [0.2, 0.25) is 0 Å². The third-order valence-electron chi connectivity index (χ3n) is 3.59. The van der Waals surface area contributed by atoms with Gasteiger partial charge in [0.25, 0.3) is 0 Å². The molecule has 0 saturated heterocycles. The van der Waals surface area contributed by atoms with Crippen molar-refractivity contribution in [2.24, 2.45) is 0 Å². The average molecular weight is 266 g/mol. The molecule has 0 radical (unpaired) electrons. The number of hydrogen-bond acceptors (Lipinski definition) is 3. The number of ketones is 1. The minimum Gasteiger partial charge on any atom is -0.383 e. The first-order valence-corrected chi connectivity index (χ1v) is 6.92. The molecule has 0 fully saturated rings. The van der Waals surface area contributed by atoms with Crippen molar-refractivity contribution in [3.8, 4) is 0 Å². The summed E-state index contributed by atoms with van der Waals surface area (Å²) in [6.07, 6.45) is 1.03. The van der Waals surface area contributed by atoms with E-state index in [-0.39, 0.29) is 5.78 Å². The zero-order chi connectivity index (χ0) is 14.4. The Labute approximate surface area is 116 Å². The first kappa shape index (κ1) is 15.9. The van der Waals surface area contributed by atoms with Crippen molar-refractivity contribution in [1.29, 1.82) is 0 Å². The number of hydrogen-bond donors (Lipinski definition) is 1. The van der Waals surface area contributed by atoms with Crippen LogP contribution in [0.25, 0.3) is 0 Å². The highest BCUT2D eigenvalue weighted by Crippen LogP contribution is 2.12. The SMILES string of the molecule is CCC(C)N(CCOC)CC(=O)c1cc(C)[nH]c1C. The molecule has 0 aromatic carbocycles. The van der Waals surface area contributed by atoms with Gasteiger partial charge in [-0.05, 0) is 33.3 Å². The Balaban J connectivity index is 2.72. The van der Waals surface area contributed by atoms with Gasteiger partial charge in [-0.1, -0.05) is 6.92 Å². The number of nitrogens with zero attached hydrogens (tertiary/aromatic N) is 1. The summed E-state index contributed by atoms with van der Waals surface area (Å²) >= 11 is 0. The second-order valence-electron chi connectivity index (χ2n) is 5.13. The lowest BCUT2D eigenvalue weighted by Gasteiger charge is -2.27. The van der Waals surface area contributed by atoms with Crippen LogP contribution < -0.4 is 0 Å². The molecule has 1 rings (SSSR count). The van der Waals surface area contributed by atoms with Crippen LogP contribution in [0.1, 0.15) is 42.0 Å². The highest BCUT2D eigenvalue weighted by Gasteiger charge is 2.19. The largest absolute Gasteiger partial charge is 0.383 e. The summed E-state index contributed by atoms with van der Waals surface area (Å²) in [7, 11) is 1.69. The number of carbonyl (C=O) groups is 1. The predicted molar refractivity (Wildman–Crippen MR) is 77.8 cm³/mol. The van der Waals surface area contributed by atoms with Crippen molar-refractivity contribution >= 4 is 5.78 Å². The molecular weight excluding hydrogens is 240 g/mol. The number of ether oxygens (including phenoxy) is 1. The lowest BCUT2D eigenvalue weighted by atomic mass is 10.1. The quantitative estimate of drug-likeness (QED) is 0.736. The van der Waals surface area contributed by atoms with Crippen LogP contribution in [0.5, 0.6) is 0 Å². The molecule has 0 saturated carbocycles. The summed E-state index contributed by atoms with van der Waals surface area (Å²) in [5, 5.41) is 0. The third-order valence-corrected chi connectivity index (χ3v) is 3.59. The van der Waals surface area contributed by atoms with Crippen LogP contribution in [0.15, 0.2) is 6.07 Å². The molecule has 0 aliphatic rings. The molecule has 1 unspecified atom stereocenters. The molecule has 1 heterocycles. The zero-order valence-corrected chi connectivity index (χ0v) is 12.7. The molecule has 1 aromatic heterocycles. The van der Waals surface area contributed by atoms with Crippen molar-refractivity contribution < 1.29 is 9.53 Å². The van der Waals surface area contributed by atoms with E-state index in [1.165, 1.54) is 0 Å². The average Bonchev–Trinajstić information content (AvgIpc) is 2.72. The van der Waals surface area contributed by atoms with Gasteiger partial charge >= 0.3 is 0 Å². The summed E-state index contributed by atoms with van der Waals surface area (Å²) < 4.78 is 5.12. The first-order valence-electron chi connectivity index (χ1n) is 6.92. The molecule has 1 atom stereocenters. The Morgan fingerprint density at radius 3 is 2.63 bits per heavy atom. The van der Waals surface area contributed by atoms with Crippen LogP contribution in [0, 0.1) is 13.8 Å². The molecular formula is C15H26N2O2. The number of rotatable bonds is 8. The van der Waals surface area contributed by atoms with Crippen LogP contribution in [0.4, 0.5) is 0 Å². The Morgan fingerprint density at radius 2 is 2.16 bits per heavy atom. The van der Waals surface area contributed by atoms with Crippen LogP contribution in [-0.2, 0) is 4.74 Å². The van der Waals surface area contributed by atoms with Gasteiger partial charge in [-0.15, -0.1) is 0 Å². The van der Waals surface area contributed by atoms with E-state index < -0.39 is 0 Å². The summed E-state index contributed by atoms with van der Waals surface area (Å²) in [6.45, 7) is 10.1. The van der Waals surface area contributed by atoms with Crippen LogP contribution >= 0.6 is 0 Å². The van der Waals surface area contributed by atoms with Gasteiger partial charge in [-0.2, -0.15) is 0 Å². The lowest BCUT2D eigenvalue weighted by molar-refractivity contribution is 0.0834. The van der Waals surface area contributed by atoms with Crippen molar-refractivity contribution in [3.63, 3.8) is 0 Å². The van der Waals surface area contributed by atoms with Crippen molar-refractivity contribution in [1.82, 2.24) is 9.88 Å². The van der Waals surface area contributed by atoms with Crippen LogP contribution in [0.3, 0.4) is 0 Å². The monoisotopic (exact) mass is 266 g/mol. The first-order chi connectivity index (χ1) is 8.99. The fourth-order valence-electron chi connectivity index (χ4n) is 2.21. The van der Waals surface area contributed by atoms with E-state index in [2.05, 4.69) is 23.7 Å². The van der Waals surface area contributed by atoms with E-state index in [0.29, 0.717) is 19.2 Å². The number of carbonyl (C=O) groups excluding carboxylic acids is 1. The maximum absolute atomic E-state index is 12.4. The number of aromatic nitrogens is 1. The molecule has 4 heteroatoms. The van der Waals surface area contributed by atoms with E-state index in [1.807, 2.05) is 19.9 Å². The molecule has 4 nitrogen and oxygen atoms in total. The third kappa shape index (κ3) is 4.48. The molecule has 0 bridgehead atoms. The van der Waals surface area contributed by atoms with E-state index in [0.717, 1.165) is 29.9 Å². The standard InChI is InChI=1S/C15H26N2O2/c1-6-12(3)17(7-8-19-5)10-15(18)14-9-11(2)16-13(14)4/h9,12,16H,6-8,10H2,1-5H3. The summed E-state index contributed by atoms with van der Waals surface area (Å²) in [4.78, 5) is 17.7. The van der Waals surface area contributed by atoms with Gasteiger partial charge in [-0.25, -0.2) is 0 Å². The van der Waals surface area contributed by atoms with Gasteiger partial charge in [0.1, 0.15) is 0 Å². The lowest BCUT2D eigenvalue weighted by Crippen LogP contribution is -2.39. The summed E-state index contributed by atoms with van der Waals surface area (Å²) in [5.74, 6) is 0.179. The zero-order valence-electron chi connectivity index (χ0n) is 12.7. The topological polar surface area (TPSA) is 45.3 Å². The molecule has 0 aliphatic carbocycles. The molecule has 19 heavy (non-hydrogen) atoms. The second kappa shape index (κ2) is 7.46. The van der Waals surface area contributed by atoms with E-state index in [4.69, 9.17) is 4.74 Å². The van der Waals surface area contributed by atoms with Crippen molar-refractivity contribution in [2.45, 2.75) is 40.2 Å².